The van der Waals surface area contributed by atoms with E-state index in [1.54, 1.807) is 0 Å². The van der Waals surface area contributed by atoms with Gasteiger partial charge in [-0.3, -0.25) is 4.31 Å². The Hall–Kier alpha value is -0.884. The minimum Gasteiger partial charge on any atom is -0.495 e. The Morgan fingerprint density at radius 1 is 1.38 bits per heavy atom. The first-order valence-electron chi connectivity index (χ1n) is 7.07. The minimum atomic E-state index is -4.07. The van der Waals surface area contributed by atoms with E-state index < -0.39 is 16.0 Å². The van der Waals surface area contributed by atoms with Crippen molar-refractivity contribution in [1.82, 2.24) is 4.98 Å². The van der Waals surface area contributed by atoms with Gasteiger partial charge >= 0.3 is 5.97 Å². The van der Waals surface area contributed by atoms with Gasteiger partial charge in [0.05, 0.1) is 19.2 Å². The maximum Gasteiger partial charge on any atom is 0.337 e. The monoisotopic (exact) mass is 423 g/mol. The number of hydrogen-bond donors (Lipinski definition) is 1. The van der Waals surface area contributed by atoms with Gasteiger partial charge in [-0.1, -0.05) is 11.6 Å². The zero-order chi connectivity index (χ0) is 18.2. The molecular weight excluding hydrogens is 411 g/mol. The summed E-state index contributed by atoms with van der Waals surface area (Å²) in [5, 5.41) is 9.35. The maximum atomic E-state index is 13.1. The Bertz CT molecular complexity index is 953. The molecule has 1 radical (unpaired) electrons. The molecule has 1 aliphatic heterocycles. The second-order valence-corrected chi connectivity index (χ2v) is 7.34. The fraction of sp³-hybridized carbons (Fsp3) is 0.200. The summed E-state index contributed by atoms with van der Waals surface area (Å²) in [7, 11) is -2.73. The van der Waals surface area contributed by atoms with Gasteiger partial charge in [0, 0.05) is 62.6 Å². The van der Waals surface area contributed by atoms with Crippen molar-refractivity contribution in [3.63, 3.8) is 0 Å². The summed E-state index contributed by atoms with van der Waals surface area (Å²) >= 11 is 5.93. The first-order chi connectivity index (χ1) is 11.8. The molecule has 11 heteroatoms. The minimum absolute atomic E-state index is 0. The second kappa shape index (κ2) is 8.42. The van der Waals surface area contributed by atoms with Crippen LogP contribution < -0.4 is 13.8 Å². The number of rotatable bonds is 4. The molecule has 0 amide bonds. The number of sulfonamides is 1. The first kappa shape index (κ1) is 21.4. The Kier molecular flexibility index (Phi) is 6.94. The number of pyridine rings is 1. The number of aromatic carboxylic acids is 1. The molecule has 133 valence electrons. The average Bonchev–Trinajstić information content (AvgIpc) is 2.60. The molecule has 0 fully saturated rings. The molecule has 3 rings (SSSR count). The predicted octanol–water partition coefficient (Wildman–Crippen LogP) is 1.65. The second-order valence-electron chi connectivity index (χ2n) is 5.07. The Labute approximate surface area is 197 Å². The number of carbonyl (C=O) groups is 1. The van der Waals surface area contributed by atoms with Crippen LogP contribution in [0.15, 0.2) is 35.4 Å². The normalized spacial score (nSPS) is 13.2. The topological polar surface area (TPSA) is 106 Å². The third kappa shape index (κ3) is 4.01. The van der Waals surface area contributed by atoms with Crippen molar-refractivity contribution in [3.05, 3.63) is 41.0 Å². The molecule has 1 aromatic carbocycles. The zero-order valence-electron chi connectivity index (χ0n) is 14.0. The van der Waals surface area contributed by atoms with Gasteiger partial charge in [0.1, 0.15) is 22.9 Å². The van der Waals surface area contributed by atoms with E-state index in [9.17, 15) is 13.2 Å². The number of fused-ring (bicyclic) bond motifs is 1. The number of halogens is 1. The molecule has 0 spiro atoms. The number of benzene rings is 1. The van der Waals surface area contributed by atoms with Crippen LogP contribution in [0.2, 0.25) is 5.02 Å². The number of methoxy groups -OCH3 is 1. The number of carboxylic acids is 1. The third-order valence-electron chi connectivity index (χ3n) is 3.57. The van der Waals surface area contributed by atoms with E-state index in [0.717, 1.165) is 10.5 Å². The summed E-state index contributed by atoms with van der Waals surface area (Å²) in [4.78, 5) is 14.9. The molecule has 0 bridgehead atoms. The van der Waals surface area contributed by atoms with Crippen molar-refractivity contribution >= 4 is 84.7 Å². The number of nitrogens with zero attached hydrogens (tertiary/aromatic N) is 2. The van der Waals surface area contributed by atoms with E-state index in [0.29, 0.717) is 0 Å². The molecule has 0 saturated heterocycles. The maximum absolute atomic E-state index is 13.1. The van der Waals surface area contributed by atoms with Gasteiger partial charge in [-0.05, 0) is 24.3 Å². The van der Waals surface area contributed by atoms with E-state index in [-0.39, 0.29) is 97.3 Å². The number of ether oxygens (including phenoxy) is 2. The molecule has 2 aromatic rings. The third-order valence-corrected chi connectivity index (χ3v) is 5.64. The van der Waals surface area contributed by atoms with E-state index >= 15 is 0 Å². The van der Waals surface area contributed by atoms with Gasteiger partial charge in [0.2, 0.25) is 5.88 Å². The van der Waals surface area contributed by atoms with Crippen molar-refractivity contribution in [2.45, 2.75) is 4.90 Å². The summed E-state index contributed by atoms with van der Waals surface area (Å²) < 4.78 is 37.7. The van der Waals surface area contributed by atoms with Gasteiger partial charge in [0.25, 0.3) is 10.0 Å². The van der Waals surface area contributed by atoms with Gasteiger partial charge in [0.15, 0.2) is 0 Å². The molecule has 26 heavy (non-hydrogen) atoms. The molecule has 0 unspecified atom stereocenters. The van der Waals surface area contributed by atoms with Crippen LogP contribution in [0.3, 0.4) is 0 Å². The standard InChI is InChI=1S/C15H13ClN2O6S.K/c1-23-12-3-2-10(16)7-13(12)25(21,22)18-4-5-24-14-11(18)6-9(8-17-14)15(19)20;/h2-3,6-8H,4-5H2,1H3,(H,19,20);. The predicted molar refractivity (Wildman–Crippen MR) is 95.0 cm³/mol. The quantitative estimate of drug-likeness (QED) is 0.745. The molecule has 1 aliphatic rings. The van der Waals surface area contributed by atoms with Gasteiger partial charge in [-0.25, -0.2) is 18.2 Å². The Balaban J connectivity index is 0.00000243. The Morgan fingerprint density at radius 2 is 2.12 bits per heavy atom. The van der Waals surface area contributed by atoms with Crippen LogP contribution in [-0.4, -0.2) is 96.1 Å². The molecule has 0 aliphatic carbocycles. The van der Waals surface area contributed by atoms with Crippen molar-refractivity contribution < 1.29 is 27.8 Å². The van der Waals surface area contributed by atoms with E-state index in [1.807, 2.05) is 0 Å². The first-order valence-corrected chi connectivity index (χ1v) is 8.89. The summed E-state index contributed by atoms with van der Waals surface area (Å²) in [5.41, 5.74) is -0.101. The van der Waals surface area contributed by atoms with E-state index in [2.05, 4.69) is 4.98 Å². The van der Waals surface area contributed by atoms with Crippen LogP contribution in [-0.2, 0) is 10.0 Å². The van der Waals surface area contributed by atoms with Gasteiger partial charge in [-0.15, -0.1) is 0 Å². The number of anilines is 1. The van der Waals surface area contributed by atoms with Crippen LogP contribution in [0.5, 0.6) is 11.6 Å². The number of carboxylic acid groups (broad SMARTS) is 1. The molecule has 0 saturated carbocycles. The van der Waals surface area contributed by atoms with Crippen LogP contribution in [0, 0.1) is 0 Å². The summed E-state index contributed by atoms with van der Waals surface area (Å²) in [5.74, 6) is -1.06. The van der Waals surface area contributed by atoms with Gasteiger partial charge < -0.3 is 14.6 Å². The Morgan fingerprint density at radius 3 is 2.77 bits per heavy atom. The summed E-state index contributed by atoms with van der Waals surface area (Å²) in [6.45, 7) is 0.0737. The number of hydrogen-bond acceptors (Lipinski definition) is 6. The summed E-state index contributed by atoms with van der Waals surface area (Å²) in [6.07, 6.45) is 1.11. The number of aromatic nitrogens is 1. The molecule has 1 N–H and O–H groups in total. The molecule has 8 nitrogen and oxygen atoms in total. The van der Waals surface area contributed by atoms with Crippen molar-refractivity contribution in [2.24, 2.45) is 0 Å². The molecule has 2 heterocycles. The molecule has 0 atom stereocenters. The van der Waals surface area contributed by atoms with Crippen LogP contribution in [0.25, 0.3) is 0 Å². The largest absolute Gasteiger partial charge is 0.495 e. The van der Waals surface area contributed by atoms with Crippen LogP contribution >= 0.6 is 11.6 Å². The van der Waals surface area contributed by atoms with Crippen molar-refractivity contribution in [1.29, 1.82) is 0 Å². The molecule has 1 aromatic heterocycles. The molecular formula is C15H13ClKN2O6S. The van der Waals surface area contributed by atoms with Gasteiger partial charge in [-0.2, -0.15) is 0 Å². The van der Waals surface area contributed by atoms with Crippen LogP contribution in [0.1, 0.15) is 10.4 Å². The average molecular weight is 424 g/mol. The fourth-order valence-corrected chi connectivity index (χ4v) is 4.27. The van der Waals surface area contributed by atoms with Crippen molar-refractivity contribution in [2.75, 3.05) is 24.6 Å². The van der Waals surface area contributed by atoms with Crippen molar-refractivity contribution in [3.8, 4) is 11.6 Å². The van der Waals surface area contributed by atoms with Crippen LogP contribution in [0.4, 0.5) is 5.69 Å². The fourth-order valence-electron chi connectivity index (χ4n) is 2.41. The van der Waals surface area contributed by atoms with E-state index in [1.165, 1.54) is 31.4 Å². The summed E-state index contributed by atoms with van der Waals surface area (Å²) in [6, 6.07) is 5.44. The smallest absolute Gasteiger partial charge is 0.337 e. The zero-order valence-corrected chi connectivity index (χ0v) is 18.7. The van der Waals surface area contributed by atoms with E-state index in [4.69, 9.17) is 26.2 Å². The SMILES string of the molecule is COc1ccc(Cl)cc1S(=O)(=O)N1CCOc2ncc(C(=O)O)cc21.[K].